The van der Waals surface area contributed by atoms with Crippen LogP contribution in [0.4, 0.5) is 10.5 Å². The van der Waals surface area contributed by atoms with Crippen LogP contribution in [0.3, 0.4) is 0 Å². The molecule has 1 saturated heterocycles. The van der Waals surface area contributed by atoms with Crippen LogP contribution in [-0.4, -0.2) is 97.6 Å². The molecular formula is C26H39N3O7. The molecule has 1 N–H and O–H groups in total. The summed E-state index contributed by atoms with van der Waals surface area (Å²) in [6, 6.07) is 4.81. The van der Waals surface area contributed by atoms with E-state index in [4.69, 9.17) is 14.2 Å². The lowest BCUT2D eigenvalue weighted by atomic mass is 9.99. The van der Waals surface area contributed by atoms with Crippen LogP contribution in [0.5, 0.6) is 5.75 Å². The first kappa shape index (κ1) is 27.7. The molecule has 2 atom stereocenters. The summed E-state index contributed by atoms with van der Waals surface area (Å²) in [7, 11) is 3.17. The van der Waals surface area contributed by atoms with Crippen molar-refractivity contribution >= 4 is 23.6 Å². The van der Waals surface area contributed by atoms with Crippen molar-refractivity contribution in [3.8, 4) is 5.75 Å². The molecule has 0 bridgehead atoms. The molecule has 2 heterocycles. The van der Waals surface area contributed by atoms with E-state index in [2.05, 4.69) is 0 Å². The summed E-state index contributed by atoms with van der Waals surface area (Å²) in [6.45, 7) is 7.48. The molecule has 2 aliphatic heterocycles. The van der Waals surface area contributed by atoms with Crippen LogP contribution >= 0.6 is 0 Å². The first-order chi connectivity index (χ1) is 17.1. The number of ether oxygens (including phenoxy) is 3. The van der Waals surface area contributed by atoms with Gasteiger partial charge in [0.05, 0.1) is 18.3 Å². The van der Waals surface area contributed by atoms with E-state index in [0.29, 0.717) is 43.1 Å². The van der Waals surface area contributed by atoms with Gasteiger partial charge in [0, 0.05) is 52.1 Å². The molecule has 3 amide bonds. The van der Waals surface area contributed by atoms with Crippen molar-refractivity contribution in [2.45, 2.75) is 64.1 Å². The fourth-order valence-corrected chi connectivity index (χ4v) is 5.06. The first-order valence-electron chi connectivity index (χ1n) is 12.6. The zero-order valence-electron chi connectivity index (χ0n) is 22.0. The molecule has 36 heavy (non-hydrogen) atoms. The SMILES string of the molecule is COCCCCN1C(=O)C(C)(COC)Oc2ccc(C(=O)N(C(C)C)[C@@H]3CCCN(C(=O)O)C3)cc21. The lowest BCUT2D eigenvalue weighted by Crippen LogP contribution is -2.57. The normalized spacial score (nSPS) is 21.8. The Hall–Kier alpha value is -2.85. The monoisotopic (exact) mass is 505 g/mol. The van der Waals surface area contributed by atoms with Gasteiger partial charge in [0.1, 0.15) is 5.75 Å². The smallest absolute Gasteiger partial charge is 0.407 e. The van der Waals surface area contributed by atoms with Gasteiger partial charge in [-0.05, 0) is 64.7 Å². The van der Waals surface area contributed by atoms with Gasteiger partial charge in [-0.15, -0.1) is 0 Å². The molecule has 2 aliphatic rings. The summed E-state index contributed by atoms with van der Waals surface area (Å²) >= 11 is 0. The van der Waals surface area contributed by atoms with Crippen LogP contribution < -0.4 is 9.64 Å². The van der Waals surface area contributed by atoms with E-state index in [-0.39, 0.29) is 37.0 Å². The van der Waals surface area contributed by atoms with Crippen LogP contribution in [0.1, 0.15) is 56.8 Å². The average molecular weight is 506 g/mol. The summed E-state index contributed by atoms with van der Waals surface area (Å²) in [4.78, 5) is 43.6. The van der Waals surface area contributed by atoms with E-state index in [1.165, 1.54) is 12.0 Å². The largest absolute Gasteiger partial charge is 0.473 e. The number of amides is 3. The second-order valence-electron chi connectivity index (χ2n) is 9.94. The van der Waals surface area contributed by atoms with Gasteiger partial charge in [-0.25, -0.2) is 4.79 Å². The zero-order valence-corrected chi connectivity index (χ0v) is 22.0. The van der Waals surface area contributed by atoms with Crippen LogP contribution in [0.25, 0.3) is 0 Å². The molecule has 1 aromatic carbocycles. The molecule has 1 fully saturated rings. The van der Waals surface area contributed by atoms with Gasteiger partial charge in [0.25, 0.3) is 11.8 Å². The third kappa shape index (κ3) is 5.92. The Kier molecular flexibility index (Phi) is 9.19. The summed E-state index contributed by atoms with van der Waals surface area (Å²) < 4.78 is 16.5. The molecule has 10 heteroatoms. The van der Waals surface area contributed by atoms with E-state index >= 15 is 0 Å². The highest BCUT2D eigenvalue weighted by Crippen LogP contribution is 2.39. The minimum absolute atomic E-state index is 0.101. The van der Waals surface area contributed by atoms with Crippen molar-refractivity contribution in [2.75, 3.05) is 52.0 Å². The van der Waals surface area contributed by atoms with Crippen LogP contribution in [-0.2, 0) is 14.3 Å². The minimum Gasteiger partial charge on any atom is -0.473 e. The van der Waals surface area contributed by atoms with Crippen LogP contribution in [0, 0.1) is 0 Å². The molecule has 0 spiro atoms. The Morgan fingerprint density at radius 2 is 2.00 bits per heavy atom. The Morgan fingerprint density at radius 3 is 2.64 bits per heavy atom. The van der Waals surface area contributed by atoms with E-state index in [0.717, 1.165) is 19.3 Å². The van der Waals surface area contributed by atoms with Crippen molar-refractivity contribution in [3.05, 3.63) is 23.8 Å². The number of carbonyl (C=O) groups excluding carboxylic acids is 2. The molecule has 1 unspecified atom stereocenters. The predicted molar refractivity (Wildman–Crippen MR) is 135 cm³/mol. The molecule has 0 radical (unpaired) electrons. The molecule has 0 aromatic heterocycles. The maximum Gasteiger partial charge on any atom is 0.407 e. The fraction of sp³-hybridized carbons (Fsp3) is 0.654. The molecule has 0 saturated carbocycles. The lowest BCUT2D eigenvalue weighted by molar-refractivity contribution is -0.138. The van der Waals surface area contributed by atoms with Crippen molar-refractivity contribution in [1.82, 2.24) is 9.80 Å². The van der Waals surface area contributed by atoms with Gasteiger partial charge in [-0.1, -0.05) is 0 Å². The molecule has 200 valence electrons. The highest BCUT2D eigenvalue weighted by atomic mass is 16.5. The standard InChI is InChI=1S/C26H39N3O7/c1-18(2)29(20-9-8-12-27(16-20)25(32)33)23(30)19-10-11-22-21(15-19)28(13-6-7-14-34-4)24(31)26(3,36-22)17-35-5/h10-11,15,18,20H,6-9,12-14,16-17H2,1-5H3,(H,32,33)/t20-,26?/m1/s1. The second kappa shape index (κ2) is 11.9. The van der Waals surface area contributed by atoms with Crippen molar-refractivity contribution in [2.24, 2.45) is 0 Å². The van der Waals surface area contributed by atoms with E-state index in [1.54, 1.807) is 42.0 Å². The third-order valence-corrected chi connectivity index (χ3v) is 6.78. The van der Waals surface area contributed by atoms with Gasteiger partial charge < -0.3 is 34.0 Å². The number of unbranched alkanes of at least 4 members (excludes halogenated alkanes) is 1. The topological polar surface area (TPSA) is 109 Å². The minimum atomic E-state index is -1.17. The summed E-state index contributed by atoms with van der Waals surface area (Å²) in [5.74, 6) is 0.106. The molecule has 10 nitrogen and oxygen atoms in total. The quantitative estimate of drug-likeness (QED) is 0.486. The van der Waals surface area contributed by atoms with Crippen LogP contribution in [0.2, 0.25) is 0 Å². The number of carboxylic acid groups (broad SMARTS) is 1. The lowest BCUT2D eigenvalue weighted by Gasteiger charge is -2.42. The number of likely N-dealkylation sites (tertiary alicyclic amines) is 1. The Balaban J connectivity index is 1.92. The third-order valence-electron chi connectivity index (χ3n) is 6.78. The number of rotatable bonds is 10. The number of hydrogen-bond donors (Lipinski definition) is 1. The van der Waals surface area contributed by atoms with E-state index in [9.17, 15) is 19.5 Å². The van der Waals surface area contributed by atoms with Gasteiger partial charge in [0.15, 0.2) is 0 Å². The van der Waals surface area contributed by atoms with Gasteiger partial charge in [-0.2, -0.15) is 0 Å². The van der Waals surface area contributed by atoms with Gasteiger partial charge in [0.2, 0.25) is 5.60 Å². The number of benzene rings is 1. The number of carbonyl (C=O) groups is 3. The number of piperidine rings is 1. The van der Waals surface area contributed by atoms with E-state index in [1.807, 2.05) is 13.8 Å². The van der Waals surface area contributed by atoms with Gasteiger partial charge >= 0.3 is 6.09 Å². The Bertz CT molecular complexity index is 953. The van der Waals surface area contributed by atoms with Crippen molar-refractivity contribution in [1.29, 1.82) is 0 Å². The number of methoxy groups -OCH3 is 2. The van der Waals surface area contributed by atoms with Crippen molar-refractivity contribution < 1.29 is 33.7 Å². The van der Waals surface area contributed by atoms with Gasteiger partial charge in [-0.3, -0.25) is 9.59 Å². The number of hydrogen-bond acceptors (Lipinski definition) is 6. The first-order valence-corrected chi connectivity index (χ1v) is 12.6. The number of anilines is 1. The Labute approximate surface area is 213 Å². The fourth-order valence-electron chi connectivity index (χ4n) is 5.06. The molecule has 3 rings (SSSR count). The van der Waals surface area contributed by atoms with Crippen LogP contribution in [0.15, 0.2) is 18.2 Å². The second-order valence-corrected chi connectivity index (χ2v) is 9.94. The molecular weight excluding hydrogens is 466 g/mol. The highest BCUT2D eigenvalue weighted by molar-refractivity contribution is 6.04. The summed E-state index contributed by atoms with van der Waals surface area (Å²) in [5.41, 5.74) is -0.180. The zero-order chi connectivity index (χ0) is 26.5. The van der Waals surface area contributed by atoms with Crippen molar-refractivity contribution in [3.63, 3.8) is 0 Å². The number of nitrogens with zero attached hydrogens (tertiary/aromatic N) is 3. The molecule has 0 aliphatic carbocycles. The Morgan fingerprint density at radius 1 is 1.25 bits per heavy atom. The molecule has 1 aromatic rings. The maximum absolute atomic E-state index is 13.7. The van der Waals surface area contributed by atoms with E-state index < -0.39 is 11.7 Å². The predicted octanol–water partition coefficient (Wildman–Crippen LogP) is 3.24. The summed E-state index contributed by atoms with van der Waals surface area (Å²) in [5, 5.41) is 9.46. The highest BCUT2D eigenvalue weighted by Gasteiger charge is 2.45. The maximum atomic E-state index is 13.7. The average Bonchev–Trinajstić information content (AvgIpc) is 2.84. The number of fused-ring (bicyclic) bond motifs is 1. The summed E-state index contributed by atoms with van der Waals surface area (Å²) in [6.07, 6.45) is 1.99.